The molecular weight excluding hydrogens is 371 g/mol. The summed E-state index contributed by atoms with van der Waals surface area (Å²) in [5.41, 5.74) is 5.68. The zero-order valence-electron chi connectivity index (χ0n) is 15.3. The number of benzene rings is 1. The van der Waals surface area contributed by atoms with Crippen molar-refractivity contribution in [2.75, 3.05) is 19.6 Å². The van der Waals surface area contributed by atoms with E-state index in [9.17, 15) is 17.6 Å². The van der Waals surface area contributed by atoms with Gasteiger partial charge in [0.25, 0.3) is 0 Å². The molecule has 1 fully saturated rings. The maximum Gasteiger partial charge on any atom is 0.244 e. The fourth-order valence-electron chi connectivity index (χ4n) is 3.48. The first-order chi connectivity index (χ1) is 12.7. The van der Waals surface area contributed by atoms with Crippen molar-refractivity contribution in [1.82, 2.24) is 14.2 Å². The first-order valence-corrected chi connectivity index (χ1v) is 10.3. The van der Waals surface area contributed by atoms with Gasteiger partial charge in [0, 0.05) is 42.6 Å². The number of nitrogens with zero attached hydrogens (tertiary/aromatic N) is 3. The highest BCUT2D eigenvalue weighted by atomic mass is 32.2. The summed E-state index contributed by atoms with van der Waals surface area (Å²) in [5.74, 6) is -0.883. The monoisotopic (exact) mass is 394 g/mol. The molecule has 1 aliphatic heterocycles. The van der Waals surface area contributed by atoms with E-state index in [0.29, 0.717) is 18.4 Å². The quantitative estimate of drug-likeness (QED) is 0.847. The number of sulfonamides is 1. The second kappa shape index (κ2) is 7.49. The Hall–Kier alpha value is -2.10. The molecule has 2 aromatic rings. The number of carbonyl (C=O) groups is 1. The van der Waals surface area contributed by atoms with Gasteiger partial charge in [0.05, 0.1) is 17.1 Å². The van der Waals surface area contributed by atoms with Crippen LogP contribution >= 0.6 is 0 Å². The molecule has 7 nitrogen and oxygen atoms in total. The highest BCUT2D eigenvalue weighted by Crippen LogP contribution is 2.29. The number of amides is 1. The van der Waals surface area contributed by atoms with Crippen molar-refractivity contribution in [1.29, 1.82) is 0 Å². The summed E-state index contributed by atoms with van der Waals surface area (Å²) in [5, 5.41) is 0.458. The van der Waals surface area contributed by atoms with E-state index >= 15 is 0 Å². The van der Waals surface area contributed by atoms with Gasteiger partial charge in [-0.1, -0.05) is 12.1 Å². The SMILES string of the molecule is C[C@H](N)C(=O)N1CCCN(S(=O)(=O)c2cccc3cncc(F)c23)[C@@H](C)C1. The Morgan fingerprint density at radius 1 is 1.33 bits per heavy atom. The van der Waals surface area contributed by atoms with Gasteiger partial charge in [-0.2, -0.15) is 4.31 Å². The van der Waals surface area contributed by atoms with Crippen molar-refractivity contribution in [3.05, 3.63) is 36.4 Å². The molecule has 2 atom stereocenters. The Morgan fingerprint density at radius 2 is 2.07 bits per heavy atom. The van der Waals surface area contributed by atoms with Crippen LogP contribution in [0.4, 0.5) is 4.39 Å². The van der Waals surface area contributed by atoms with Gasteiger partial charge in [-0.05, 0) is 26.3 Å². The Bertz CT molecular complexity index is 959. The van der Waals surface area contributed by atoms with Gasteiger partial charge in [-0.25, -0.2) is 12.8 Å². The zero-order chi connectivity index (χ0) is 19.8. The maximum atomic E-state index is 14.4. The molecule has 0 bridgehead atoms. The second-order valence-electron chi connectivity index (χ2n) is 6.87. The van der Waals surface area contributed by atoms with Crippen LogP contribution in [0, 0.1) is 5.82 Å². The molecule has 146 valence electrons. The van der Waals surface area contributed by atoms with E-state index in [4.69, 9.17) is 5.73 Å². The van der Waals surface area contributed by atoms with Crippen LogP contribution in [0.5, 0.6) is 0 Å². The second-order valence-corrected chi connectivity index (χ2v) is 8.73. The van der Waals surface area contributed by atoms with Crippen molar-refractivity contribution in [2.45, 2.75) is 37.2 Å². The molecule has 0 unspecified atom stereocenters. The summed E-state index contributed by atoms with van der Waals surface area (Å²) in [6.07, 6.45) is 2.93. The molecule has 2 N–H and O–H groups in total. The number of halogens is 1. The molecular formula is C18H23FN4O3S. The highest BCUT2D eigenvalue weighted by molar-refractivity contribution is 7.89. The van der Waals surface area contributed by atoms with Crippen LogP contribution in [0.1, 0.15) is 20.3 Å². The molecule has 1 saturated heterocycles. The van der Waals surface area contributed by atoms with Gasteiger partial charge in [-0.3, -0.25) is 9.78 Å². The fourth-order valence-corrected chi connectivity index (χ4v) is 5.37. The summed E-state index contributed by atoms with van der Waals surface area (Å²) >= 11 is 0. The first kappa shape index (κ1) is 19.7. The molecule has 27 heavy (non-hydrogen) atoms. The van der Waals surface area contributed by atoms with Crippen LogP contribution in [0.25, 0.3) is 10.8 Å². The standard InChI is InChI=1S/C18H23FN4O3S/c1-12-11-22(18(24)13(2)20)7-4-8-23(12)27(25,26)16-6-3-5-14-9-21-10-15(19)17(14)16/h3,5-6,9-10,12-13H,4,7-8,11,20H2,1-2H3/t12-,13-/m0/s1. The van der Waals surface area contributed by atoms with Crippen LogP contribution < -0.4 is 5.73 Å². The van der Waals surface area contributed by atoms with Crippen molar-refractivity contribution < 1.29 is 17.6 Å². The Morgan fingerprint density at radius 3 is 2.78 bits per heavy atom. The number of fused-ring (bicyclic) bond motifs is 1. The number of hydrogen-bond donors (Lipinski definition) is 1. The van der Waals surface area contributed by atoms with Gasteiger partial charge in [0.15, 0.2) is 5.82 Å². The Balaban J connectivity index is 2.00. The molecule has 0 spiro atoms. The maximum absolute atomic E-state index is 14.4. The van der Waals surface area contributed by atoms with E-state index < -0.39 is 27.9 Å². The van der Waals surface area contributed by atoms with E-state index in [1.807, 2.05) is 0 Å². The molecule has 1 amide bonds. The Kier molecular flexibility index (Phi) is 5.45. The number of rotatable bonds is 3. The van der Waals surface area contributed by atoms with Crippen LogP contribution in [0.3, 0.4) is 0 Å². The van der Waals surface area contributed by atoms with Gasteiger partial charge < -0.3 is 10.6 Å². The number of hydrogen-bond acceptors (Lipinski definition) is 5. The topological polar surface area (TPSA) is 96.6 Å². The molecule has 0 aliphatic carbocycles. The third kappa shape index (κ3) is 3.67. The molecule has 9 heteroatoms. The van der Waals surface area contributed by atoms with E-state index in [1.165, 1.54) is 16.6 Å². The van der Waals surface area contributed by atoms with Gasteiger partial charge in [-0.15, -0.1) is 0 Å². The average molecular weight is 394 g/mol. The molecule has 2 heterocycles. The highest BCUT2D eigenvalue weighted by Gasteiger charge is 2.35. The lowest BCUT2D eigenvalue weighted by molar-refractivity contribution is -0.132. The third-order valence-corrected chi connectivity index (χ3v) is 6.83. The normalized spacial score (nSPS) is 20.4. The van der Waals surface area contributed by atoms with Gasteiger partial charge >= 0.3 is 0 Å². The minimum absolute atomic E-state index is 0.0347. The Labute approximate surface area is 158 Å². The molecule has 1 aliphatic rings. The van der Waals surface area contributed by atoms with Gasteiger partial charge in [0.1, 0.15) is 0 Å². The summed E-state index contributed by atoms with van der Waals surface area (Å²) in [7, 11) is -3.96. The number of aromatic nitrogens is 1. The van der Waals surface area contributed by atoms with Crippen molar-refractivity contribution in [3.63, 3.8) is 0 Å². The summed E-state index contributed by atoms with van der Waals surface area (Å²) < 4.78 is 42.4. The summed E-state index contributed by atoms with van der Waals surface area (Å²) in [4.78, 5) is 17.5. The predicted octanol–water partition coefficient (Wildman–Crippen LogP) is 1.33. The van der Waals surface area contributed by atoms with Crippen LogP contribution in [0.2, 0.25) is 0 Å². The van der Waals surface area contributed by atoms with E-state index in [2.05, 4.69) is 4.98 Å². The van der Waals surface area contributed by atoms with Crippen LogP contribution in [-0.4, -0.2) is 60.2 Å². The lowest BCUT2D eigenvalue weighted by Gasteiger charge is -2.29. The number of pyridine rings is 1. The van der Waals surface area contributed by atoms with Gasteiger partial charge in [0.2, 0.25) is 15.9 Å². The minimum atomic E-state index is -3.96. The smallest absolute Gasteiger partial charge is 0.244 e. The van der Waals surface area contributed by atoms with E-state index in [0.717, 1.165) is 6.20 Å². The van der Waals surface area contributed by atoms with Crippen molar-refractivity contribution in [3.8, 4) is 0 Å². The van der Waals surface area contributed by atoms with Crippen molar-refractivity contribution >= 4 is 26.7 Å². The summed E-state index contributed by atoms with van der Waals surface area (Å²) in [6.45, 7) is 4.28. The lowest BCUT2D eigenvalue weighted by Crippen LogP contribution is -2.47. The average Bonchev–Trinajstić information content (AvgIpc) is 2.82. The molecule has 1 aromatic carbocycles. The minimum Gasteiger partial charge on any atom is -0.340 e. The first-order valence-electron chi connectivity index (χ1n) is 8.82. The van der Waals surface area contributed by atoms with Crippen molar-refractivity contribution in [2.24, 2.45) is 5.73 Å². The molecule has 0 radical (unpaired) electrons. The lowest BCUT2D eigenvalue weighted by atomic mass is 10.2. The van der Waals surface area contributed by atoms with E-state index in [1.54, 1.807) is 30.9 Å². The van der Waals surface area contributed by atoms with Crippen LogP contribution in [-0.2, 0) is 14.8 Å². The number of nitrogens with two attached hydrogens (primary N) is 1. The zero-order valence-corrected chi connectivity index (χ0v) is 16.1. The summed E-state index contributed by atoms with van der Waals surface area (Å²) in [6, 6.07) is 3.51. The molecule has 0 saturated carbocycles. The fraction of sp³-hybridized carbons (Fsp3) is 0.444. The van der Waals surface area contributed by atoms with Crippen LogP contribution in [0.15, 0.2) is 35.5 Å². The van der Waals surface area contributed by atoms with E-state index in [-0.39, 0.29) is 29.3 Å². The third-order valence-electron chi connectivity index (χ3n) is 4.77. The number of carbonyl (C=O) groups excluding carboxylic acids is 1. The molecule has 3 rings (SSSR count). The molecule has 1 aromatic heterocycles. The largest absolute Gasteiger partial charge is 0.340 e. The predicted molar refractivity (Wildman–Crippen MR) is 99.9 cm³/mol.